The van der Waals surface area contributed by atoms with Crippen LogP contribution in [0.2, 0.25) is 0 Å². The van der Waals surface area contributed by atoms with E-state index < -0.39 is 29.2 Å². The summed E-state index contributed by atoms with van der Waals surface area (Å²) in [6.07, 6.45) is -2.49. The molecule has 1 aromatic heterocycles. The van der Waals surface area contributed by atoms with E-state index >= 15 is 0 Å². The van der Waals surface area contributed by atoms with Gasteiger partial charge in [0.2, 0.25) is 0 Å². The topological polar surface area (TPSA) is 56.9 Å². The van der Waals surface area contributed by atoms with Crippen LogP contribution in [0.1, 0.15) is 17.7 Å². The van der Waals surface area contributed by atoms with Crippen molar-refractivity contribution in [1.29, 1.82) is 5.26 Å². The van der Waals surface area contributed by atoms with Crippen molar-refractivity contribution in [2.45, 2.75) is 6.43 Å². The van der Waals surface area contributed by atoms with Crippen molar-refractivity contribution in [3.05, 3.63) is 23.3 Å². The van der Waals surface area contributed by atoms with Gasteiger partial charge >= 0.3 is 0 Å². The molecule has 6 heteroatoms. The Balaban J connectivity index is 3.38. The fraction of sp³-hybridized carbons (Fsp3) is 0.143. The molecule has 1 aromatic rings. The third-order valence-electron chi connectivity index (χ3n) is 1.34. The molecule has 0 radical (unpaired) electrons. The minimum absolute atomic E-state index is 0.614. The molecular formula is C7H3F3N2O. The number of aromatic hydroxyl groups is 1. The van der Waals surface area contributed by atoms with Crippen LogP contribution in [-0.2, 0) is 0 Å². The minimum atomic E-state index is -3.10. The lowest BCUT2D eigenvalue weighted by Crippen LogP contribution is -1.98. The van der Waals surface area contributed by atoms with Crippen LogP contribution in [0.5, 0.6) is 5.75 Å². The second kappa shape index (κ2) is 3.31. The van der Waals surface area contributed by atoms with Gasteiger partial charge in [0.25, 0.3) is 6.43 Å². The summed E-state index contributed by atoms with van der Waals surface area (Å²) in [5, 5.41) is 17.1. The number of aromatic nitrogens is 1. The standard InChI is InChI=1S/C7H3F3N2O/c8-5-3(1-11)4(13)2-12-6(5)7(9)10/h2,7,13H. The lowest BCUT2D eigenvalue weighted by atomic mass is 10.2. The smallest absolute Gasteiger partial charge is 0.283 e. The Morgan fingerprint density at radius 3 is 2.62 bits per heavy atom. The molecule has 0 aliphatic rings. The number of nitrogens with zero attached hydrogens (tertiary/aromatic N) is 2. The fourth-order valence-corrected chi connectivity index (χ4v) is 0.751. The Morgan fingerprint density at radius 2 is 2.15 bits per heavy atom. The Bertz CT molecular complexity index is 373. The Labute approximate surface area is 71.1 Å². The first-order chi connectivity index (χ1) is 6.07. The van der Waals surface area contributed by atoms with Gasteiger partial charge in [0.15, 0.2) is 11.6 Å². The predicted molar refractivity (Wildman–Crippen MR) is 35.5 cm³/mol. The average Bonchev–Trinajstić information content (AvgIpc) is 2.04. The molecule has 0 amide bonds. The van der Waals surface area contributed by atoms with E-state index in [0.717, 1.165) is 0 Å². The summed E-state index contributed by atoms with van der Waals surface area (Å²) in [5.74, 6) is -2.22. The maximum Gasteiger partial charge on any atom is 0.283 e. The molecule has 3 nitrogen and oxygen atoms in total. The quantitative estimate of drug-likeness (QED) is 0.730. The molecule has 1 rings (SSSR count). The number of hydrogen-bond donors (Lipinski definition) is 1. The Hall–Kier alpha value is -1.77. The summed E-state index contributed by atoms with van der Waals surface area (Å²) >= 11 is 0. The van der Waals surface area contributed by atoms with Gasteiger partial charge in [-0.3, -0.25) is 0 Å². The van der Waals surface area contributed by atoms with E-state index in [-0.39, 0.29) is 0 Å². The lowest BCUT2D eigenvalue weighted by molar-refractivity contribution is 0.140. The molecule has 0 fully saturated rings. The number of hydrogen-bond acceptors (Lipinski definition) is 3. The Morgan fingerprint density at radius 1 is 1.54 bits per heavy atom. The van der Waals surface area contributed by atoms with Crippen LogP contribution in [0, 0.1) is 17.1 Å². The lowest BCUT2D eigenvalue weighted by Gasteiger charge is -2.02. The first-order valence-electron chi connectivity index (χ1n) is 3.13. The van der Waals surface area contributed by atoms with Gasteiger partial charge in [-0.15, -0.1) is 0 Å². The van der Waals surface area contributed by atoms with Gasteiger partial charge in [-0.1, -0.05) is 0 Å². The molecule has 0 unspecified atom stereocenters. The van der Waals surface area contributed by atoms with Crippen molar-refractivity contribution in [1.82, 2.24) is 4.98 Å². The molecule has 1 N–H and O–H groups in total. The zero-order valence-electron chi connectivity index (χ0n) is 6.13. The van der Waals surface area contributed by atoms with Crippen molar-refractivity contribution >= 4 is 0 Å². The van der Waals surface area contributed by atoms with Crippen LogP contribution >= 0.6 is 0 Å². The SMILES string of the molecule is N#Cc1c(O)cnc(C(F)F)c1F. The molecule has 1 heterocycles. The summed E-state index contributed by atoms with van der Waals surface area (Å²) in [4.78, 5) is 2.96. The van der Waals surface area contributed by atoms with Crippen molar-refractivity contribution < 1.29 is 18.3 Å². The molecule has 0 spiro atoms. The number of alkyl halides is 2. The zero-order valence-corrected chi connectivity index (χ0v) is 6.13. The minimum Gasteiger partial charge on any atom is -0.505 e. The maximum atomic E-state index is 12.9. The summed E-state index contributed by atoms with van der Waals surface area (Å²) in [5.41, 5.74) is -1.94. The summed E-state index contributed by atoms with van der Waals surface area (Å²) in [6.45, 7) is 0. The van der Waals surface area contributed by atoms with Gasteiger partial charge in [0.1, 0.15) is 17.3 Å². The van der Waals surface area contributed by atoms with E-state index in [2.05, 4.69) is 4.98 Å². The van der Waals surface area contributed by atoms with Crippen molar-refractivity contribution in [3.8, 4) is 11.8 Å². The van der Waals surface area contributed by atoms with Crippen LogP contribution in [0.3, 0.4) is 0 Å². The number of pyridine rings is 1. The molecule has 0 saturated carbocycles. The maximum absolute atomic E-state index is 12.9. The molecule has 0 saturated heterocycles. The monoisotopic (exact) mass is 188 g/mol. The Kier molecular flexibility index (Phi) is 2.37. The van der Waals surface area contributed by atoms with Crippen LogP contribution in [0.4, 0.5) is 13.2 Å². The number of rotatable bonds is 1. The molecule has 0 aliphatic carbocycles. The summed E-state index contributed by atoms with van der Waals surface area (Å²) in [7, 11) is 0. The van der Waals surface area contributed by atoms with Gasteiger partial charge in [0.05, 0.1) is 6.20 Å². The van der Waals surface area contributed by atoms with E-state index in [1.807, 2.05) is 0 Å². The van der Waals surface area contributed by atoms with Crippen LogP contribution in [0.15, 0.2) is 6.20 Å². The van der Waals surface area contributed by atoms with E-state index in [0.29, 0.717) is 6.20 Å². The highest BCUT2D eigenvalue weighted by Crippen LogP contribution is 2.26. The fourth-order valence-electron chi connectivity index (χ4n) is 0.751. The highest BCUT2D eigenvalue weighted by molar-refractivity contribution is 5.42. The first-order valence-corrected chi connectivity index (χ1v) is 3.13. The summed E-state index contributed by atoms with van der Waals surface area (Å²) < 4.78 is 36.8. The number of nitriles is 1. The molecule has 0 bridgehead atoms. The molecule has 0 atom stereocenters. The van der Waals surface area contributed by atoms with E-state index in [9.17, 15) is 13.2 Å². The van der Waals surface area contributed by atoms with Gasteiger partial charge in [-0.05, 0) is 0 Å². The van der Waals surface area contributed by atoms with Gasteiger partial charge in [-0.2, -0.15) is 5.26 Å². The predicted octanol–water partition coefficient (Wildman–Crippen LogP) is 1.74. The van der Waals surface area contributed by atoms with Gasteiger partial charge in [0, 0.05) is 0 Å². The third-order valence-corrected chi connectivity index (χ3v) is 1.34. The molecular weight excluding hydrogens is 185 g/mol. The van der Waals surface area contributed by atoms with Gasteiger partial charge in [-0.25, -0.2) is 18.2 Å². The molecule has 68 valence electrons. The molecule has 13 heavy (non-hydrogen) atoms. The highest BCUT2D eigenvalue weighted by atomic mass is 19.3. The highest BCUT2D eigenvalue weighted by Gasteiger charge is 2.20. The van der Waals surface area contributed by atoms with Crippen LogP contribution in [0.25, 0.3) is 0 Å². The first kappa shape index (κ1) is 9.32. The normalized spacial score (nSPS) is 10.1. The molecule has 0 aliphatic heterocycles. The van der Waals surface area contributed by atoms with Crippen molar-refractivity contribution in [2.75, 3.05) is 0 Å². The van der Waals surface area contributed by atoms with E-state index in [1.54, 1.807) is 0 Å². The van der Waals surface area contributed by atoms with Crippen LogP contribution < -0.4 is 0 Å². The second-order valence-electron chi connectivity index (χ2n) is 2.13. The third kappa shape index (κ3) is 1.54. The van der Waals surface area contributed by atoms with Crippen molar-refractivity contribution in [3.63, 3.8) is 0 Å². The number of halogens is 3. The van der Waals surface area contributed by atoms with Crippen LogP contribution in [-0.4, -0.2) is 10.1 Å². The zero-order chi connectivity index (χ0) is 10.0. The molecule has 0 aromatic carbocycles. The van der Waals surface area contributed by atoms with Crippen molar-refractivity contribution in [2.24, 2.45) is 0 Å². The van der Waals surface area contributed by atoms with E-state index in [1.165, 1.54) is 6.07 Å². The van der Waals surface area contributed by atoms with E-state index in [4.69, 9.17) is 10.4 Å². The summed E-state index contributed by atoms with van der Waals surface area (Å²) in [6, 6.07) is 1.26. The second-order valence-corrected chi connectivity index (χ2v) is 2.13. The largest absolute Gasteiger partial charge is 0.505 e. The van der Waals surface area contributed by atoms with Gasteiger partial charge < -0.3 is 5.11 Å². The average molecular weight is 188 g/mol.